The van der Waals surface area contributed by atoms with Gasteiger partial charge < -0.3 is 9.72 Å². The van der Waals surface area contributed by atoms with Gasteiger partial charge in [-0.3, -0.25) is 0 Å². The molecule has 0 saturated heterocycles. The summed E-state index contributed by atoms with van der Waals surface area (Å²) in [5.41, 5.74) is 1.43. The van der Waals surface area contributed by atoms with Crippen LogP contribution in [0.15, 0.2) is 18.2 Å². The Labute approximate surface area is 78.7 Å². The summed E-state index contributed by atoms with van der Waals surface area (Å²) in [6.45, 7) is -0.999. The fourth-order valence-electron chi connectivity index (χ4n) is 1.29. The number of halogens is 2. The lowest BCUT2D eigenvalue weighted by atomic mass is 10.3. The van der Waals surface area contributed by atoms with Gasteiger partial charge in [-0.25, -0.2) is 4.98 Å². The van der Waals surface area contributed by atoms with Gasteiger partial charge in [-0.2, -0.15) is 8.78 Å². The van der Waals surface area contributed by atoms with Gasteiger partial charge in [0.05, 0.1) is 11.0 Å². The molecule has 3 nitrogen and oxygen atoms in total. The summed E-state index contributed by atoms with van der Waals surface area (Å²) in [6.07, 6.45) is 0. The number of hydrogen-bond acceptors (Lipinski definition) is 2. The van der Waals surface area contributed by atoms with Crippen molar-refractivity contribution in [2.45, 2.75) is 13.5 Å². The highest BCUT2D eigenvalue weighted by atomic mass is 19.3. The zero-order valence-electron chi connectivity index (χ0n) is 7.42. The van der Waals surface area contributed by atoms with Crippen molar-refractivity contribution in [1.82, 2.24) is 9.97 Å². The smallest absolute Gasteiger partial charge is 0.387 e. The number of aryl methyl sites for hydroxylation is 1. The van der Waals surface area contributed by atoms with Crippen molar-refractivity contribution in [2.75, 3.05) is 0 Å². The van der Waals surface area contributed by atoms with Gasteiger partial charge in [0, 0.05) is 6.07 Å². The molecule has 14 heavy (non-hydrogen) atoms. The minimum absolute atomic E-state index is 0.124. The molecule has 0 amide bonds. The number of aromatic amines is 1. The number of H-pyrrole nitrogens is 1. The number of benzene rings is 1. The molecule has 0 aliphatic carbocycles. The summed E-state index contributed by atoms with van der Waals surface area (Å²) in [7, 11) is 0. The Morgan fingerprint density at radius 2 is 2.21 bits per heavy atom. The van der Waals surface area contributed by atoms with Crippen LogP contribution >= 0.6 is 0 Å². The van der Waals surface area contributed by atoms with Crippen molar-refractivity contribution in [2.24, 2.45) is 0 Å². The number of imidazole rings is 1. The topological polar surface area (TPSA) is 37.9 Å². The average Bonchev–Trinajstić information content (AvgIpc) is 2.42. The van der Waals surface area contributed by atoms with Crippen molar-refractivity contribution < 1.29 is 13.5 Å². The van der Waals surface area contributed by atoms with E-state index in [9.17, 15) is 8.78 Å². The third kappa shape index (κ3) is 1.66. The maximum atomic E-state index is 11.9. The van der Waals surface area contributed by atoms with Crippen LogP contribution in [0, 0.1) is 6.92 Å². The summed E-state index contributed by atoms with van der Waals surface area (Å²) >= 11 is 0. The first-order chi connectivity index (χ1) is 6.65. The normalized spacial score (nSPS) is 11.1. The van der Waals surface area contributed by atoms with Crippen LogP contribution in [0.2, 0.25) is 0 Å². The van der Waals surface area contributed by atoms with E-state index in [4.69, 9.17) is 0 Å². The molecular weight excluding hydrogens is 190 g/mol. The Morgan fingerprint density at radius 3 is 2.93 bits per heavy atom. The molecule has 1 aromatic heterocycles. The van der Waals surface area contributed by atoms with Gasteiger partial charge in [0.1, 0.15) is 11.6 Å². The summed E-state index contributed by atoms with van der Waals surface area (Å²) in [4.78, 5) is 7.09. The molecule has 2 rings (SSSR count). The molecule has 1 heterocycles. The standard InChI is InChI=1S/C9H8F2N2O/c1-5-12-7-3-2-6(14-9(10)11)4-8(7)13-5/h2-4,9H,1H3,(H,12,13). The number of nitrogens with zero attached hydrogens (tertiary/aromatic N) is 1. The minimum atomic E-state index is -2.80. The number of hydrogen-bond donors (Lipinski definition) is 1. The molecule has 0 fully saturated rings. The second-order valence-electron chi connectivity index (χ2n) is 2.88. The fraction of sp³-hybridized carbons (Fsp3) is 0.222. The van der Waals surface area contributed by atoms with E-state index in [-0.39, 0.29) is 5.75 Å². The molecule has 74 valence electrons. The number of fused-ring (bicyclic) bond motifs is 1. The lowest BCUT2D eigenvalue weighted by Gasteiger charge is -2.02. The first-order valence-corrected chi connectivity index (χ1v) is 4.06. The summed E-state index contributed by atoms with van der Waals surface area (Å²) in [6, 6.07) is 4.62. The highest BCUT2D eigenvalue weighted by Crippen LogP contribution is 2.20. The molecule has 1 N–H and O–H groups in total. The average molecular weight is 198 g/mol. The summed E-state index contributed by atoms with van der Waals surface area (Å²) in [5.74, 6) is 0.869. The van der Waals surface area contributed by atoms with Crippen LogP contribution in [0.4, 0.5) is 8.78 Å². The minimum Gasteiger partial charge on any atom is -0.435 e. The molecule has 5 heteroatoms. The van der Waals surface area contributed by atoms with E-state index in [1.54, 1.807) is 13.0 Å². The molecule has 0 unspecified atom stereocenters. The van der Waals surface area contributed by atoms with Gasteiger partial charge in [-0.1, -0.05) is 0 Å². The predicted molar refractivity (Wildman–Crippen MR) is 47.5 cm³/mol. The van der Waals surface area contributed by atoms with E-state index in [1.807, 2.05) is 0 Å². The van der Waals surface area contributed by atoms with E-state index in [0.717, 1.165) is 11.3 Å². The fourth-order valence-corrected chi connectivity index (χ4v) is 1.29. The van der Waals surface area contributed by atoms with Crippen molar-refractivity contribution >= 4 is 11.0 Å². The highest BCUT2D eigenvalue weighted by Gasteiger charge is 2.06. The van der Waals surface area contributed by atoms with Crippen LogP contribution in [-0.2, 0) is 0 Å². The van der Waals surface area contributed by atoms with Crippen LogP contribution in [0.25, 0.3) is 11.0 Å². The third-order valence-corrected chi connectivity index (χ3v) is 1.80. The molecule has 0 bridgehead atoms. The van der Waals surface area contributed by atoms with Crippen LogP contribution < -0.4 is 4.74 Å². The molecule has 0 saturated carbocycles. The monoisotopic (exact) mass is 198 g/mol. The Balaban J connectivity index is 2.40. The lowest BCUT2D eigenvalue weighted by Crippen LogP contribution is -2.01. The zero-order chi connectivity index (χ0) is 10.1. The summed E-state index contributed by atoms with van der Waals surface area (Å²) in [5, 5.41) is 0. The lowest BCUT2D eigenvalue weighted by molar-refractivity contribution is -0.0497. The zero-order valence-corrected chi connectivity index (χ0v) is 7.42. The second kappa shape index (κ2) is 3.25. The van der Waals surface area contributed by atoms with E-state index >= 15 is 0 Å². The first kappa shape index (κ1) is 8.93. The van der Waals surface area contributed by atoms with Crippen LogP contribution in [-0.4, -0.2) is 16.6 Å². The van der Waals surface area contributed by atoms with E-state index in [1.165, 1.54) is 12.1 Å². The maximum Gasteiger partial charge on any atom is 0.387 e. The molecule has 2 aromatic rings. The van der Waals surface area contributed by atoms with Gasteiger partial charge >= 0.3 is 6.61 Å². The van der Waals surface area contributed by atoms with Crippen molar-refractivity contribution in [3.63, 3.8) is 0 Å². The molecule has 0 aliphatic rings. The summed E-state index contributed by atoms with van der Waals surface area (Å²) < 4.78 is 28.0. The van der Waals surface area contributed by atoms with Crippen LogP contribution in [0.3, 0.4) is 0 Å². The van der Waals surface area contributed by atoms with Gasteiger partial charge in [0.15, 0.2) is 0 Å². The molecule has 0 atom stereocenters. The van der Waals surface area contributed by atoms with Gasteiger partial charge in [-0.15, -0.1) is 0 Å². The highest BCUT2D eigenvalue weighted by molar-refractivity contribution is 5.76. The van der Waals surface area contributed by atoms with E-state index in [2.05, 4.69) is 14.7 Å². The Hall–Kier alpha value is -1.65. The second-order valence-corrected chi connectivity index (χ2v) is 2.88. The largest absolute Gasteiger partial charge is 0.435 e. The number of nitrogens with one attached hydrogen (secondary N) is 1. The quantitative estimate of drug-likeness (QED) is 0.804. The number of ether oxygens (including phenoxy) is 1. The Morgan fingerprint density at radius 1 is 1.43 bits per heavy atom. The number of rotatable bonds is 2. The molecule has 1 aromatic carbocycles. The Bertz CT molecular complexity index is 453. The van der Waals surface area contributed by atoms with Crippen molar-refractivity contribution in [1.29, 1.82) is 0 Å². The number of aromatic nitrogens is 2. The van der Waals surface area contributed by atoms with E-state index in [0.29, 0.717) is 5.52 Å². The van der Waals surface area contributed by atoms with Gasteiger partial charge in [0.25, 0.3) is 0 Å². The predicted octanol–water partition coefficient (Wildman–Crippen LogP) is 2.47. The van der Waals surface area contributed by atoms with Gasteiger partial charge in [-0.05, 0) is 19.1 Å². The van der Waals surface area contributed by atoms with Crippen molar-refractivity contribution in [3.8, 4) is 5.75 Å². The SMILES string of the molecule is Cc1nc2cc(OC(F)F)ccc2[nH]1. The molecule has 0 radical (unpaired) electrons. The molecule has 0 aliphatic heterocycles. The first-order valence-electron chi connectivity index (χ1n) is 4.06. The number of alkyl halides is 2. The van der Waals surface area contributed by atoms with Crippen LogP contribution in [0.5, 0.6) is 5.75 Å². The molecule has 0 spiro atoms. The van der Waals surface area contributed by atoms with Crippen LogP contribution in [0.1, 0.15) is 5.82 Å². The van der Waals surface area contributed by atoms with Gasteiger partial charge in [0.2, 0.25) is 0 Å². The third-order valence-electron chi connectivity index (χ3n) is 1.80. The molecular formula is C9H8F2N2O. The maximum absolute atomic E-state index is 11.9. The van der Waals surface area contributed by atoms with E-state index < -0.39 is 6.61 Å². The van der Waals surface area contributed by atoms with Crippen molar-refractivity contribution in [3.05, 3.63) is 24.0 Å². The Kier molecular flexibility index (Phi) is 2.07.